The average molecular weight is 288 g/mol. The van der Waals surface area contributed by atoms with Gasteiger partial charge in [-0.3, -0.25) is 9.18 Å². The zero-order valence-electron chi connectivity index (χ0n) is 12.3. The van der Waals surface area contributed by atoms with Crippen LogP contribution in [0.4, 0.5) is 4.39 Å². The fourth-order valence-electron chi connectivity index (χ4n) is 2.01. The van der Waals surface area contributed by atoms with E-state index in [-0.39, 0.29) is 18.6 Å². The van der Waals surface area contributed by atoms with Gasteiger partial charge in [-0.05, 0) is 56.5 Å². The maximum Gasteiger partial charge on any atom is 0.251 e. The topological polar surface area (TPSA) is 46.9 Å². The minimum absolute atomic E-state index is 0.0827. The molecule has 1 heterocycles. The number of aromatic nitrogens is 2. The number of nitrogens with zero attached hydrogens (tertiary/aromatic N) is 2. The Morgan fingerprint density at radius 2 is 2.05 bits per heavy atom. The summed E-state index contributed by atoms with van der Waals surface area (Å²) in [7, 11) is 0. The fourth-order valence-corrected chi connectivity index (χ4v) is 2.01. The molecule has 21 heavy (non-hydrogen) atoms. The van der Waals surface area contributed by atoms with Crippen molar-refractivity contribution in [1.29, 1.82) is 0 Å². The highest BCUT2D eigenvalue weighted by atomic mass is 18.2. The molecule has 0 radical (unpaired) electrons. The van der Waals surface area contributed by atoms with Gasteiger partial charge in [0.05, 0.1) is 18.6 Å². The first-order valence-corrected chi connectivity index (χ1v) is 7.11. The Bertz CT molecular complexity index is 590. The van der Waals surface area contributed by atoms with Crippen molar-refractivity contribution in [3.05, 3.63) is 47.8 Å². The molecular weight excluding hydrogens is 268 g/mol. The highest BCUT2D eigenvalue weighted by molar-refractivity contribution is 5.94. The third kappa shape index (κ3) is 4.15. The Hall–Kier alpha value is -2.17. The molecule has 2 aromatic rings. The lowest BCUT2D eigenvalue weighted by Gasteiger charge is -2.08. The number of alkyl halides is 1. The first kappa shape index (κ1) is 15.2. The first-order valence-electron chi connectivity index (χ1n) is 7.11. The number of carbonyl (C=O) groups excluding carboxylic acids is 1. The Balaban J connectivity index is 2.08. The van der Waals surface area contributed by atoms with E-state index in [9.17, 15) is 9.18 Å². The van der Waals surface area contributed by atoms with Gasteiger partial charge in [-0.2, -0.15) is 5.10 Å². The van der Waals surface area contributed by atoms with Crippen molar-refractivity contribution in [2.45, 2.75) is 32.7 Å². The van der Waals surface area contributed by atoms with Crippen molar-refractivity contribution in [1.82, 2.24) is 15.1 Å². The second-order valence-electron chi connectivity index (χ2n) is 5.26. The summed E-state index contributed by atoms with van der Waals surface area (Å²) in [5.74, 6) is -0.0827. The quantitative estimate of drug-likeness (QED) is 0.888. The summed E-state index contributed by atoms with van der Waals surface area (Å²) in [6, 6.07) is 7.36. The lowest BCUT2D eigenvalue weighted by molar-refractivity contribution is 0.0943. The summed E-state index contributed by atoms with van der Waals surface area (Å²) >= 11 is 0. The zero-order valence-corrected chi connectivity index (χ0v) is 12.3. The van der Waals surface area contributed by atoms with E-state index in [1.165, 1.54) is 0 Å². The molecule has 0 bridgehead atoms. The molecular formula is C16H20FN3O. The van der Waals surface area contributed by atoms with Gasteiger partial charge in [-0.1, -0.05) is 0 Å². The van der Waals surface area contributed by atoms with Gasteiger partial charge in [0, 0.05) is 17.8 Å². The second-order valence-corrected chi connectivity index (χ2v) is 5.26. The SMILES string of the molecule is CC(C)NC(=O)c1ccc(-n2cc(CCC[18F])cn2)cc1. The molecule has 2 rings (SSSR count). The number of nitrogens with one attached hydrogen (secondary N) is 1. The molecule has 1 N–H and O–H groups in total. The molecule has 0 fully saturated rings. The van der Waals surface area contributed by atoms with Crippen LogP contribution in [0.3, 0.4) is 0 Å². The van der Waals surface area contributed by atoms with E-state index in [0.29, 0.717) is 18.4 Å². The van der Waals surface area contributed by atoms with Crippen LogP contribution >= 0.6 is 0 Å². The Kier molecular flexibility index (Phi) is 5.09. The molecule has 1 aromatic heterocycles. The van der Waals surface area contributed by atoms with Gasteiger partial charge in [-0.15, -0.1) is 0 Å². The van der Waals surface area contributed by atoms with Gasteiger partial charge >= 0.3 is 0 Å². The number of amides is 1. The summed E-state index contributed by atoms with van der Waals surface area (Å²) < 4.78 is 13.9. The highest BCUT2D eigenvalue weighted by Gasteiger charge is 2.07. The normalized spacial score (nSPS) is 10.9. The molecule has 5 heteroatoms. The van der Waals surface area contributed by atoms with Crippen LogP contribution in [0.1, 0.15) is 36.2 Å². The summed E-state index contributed by atoms with van der Waals surface area (Å²) in [6.07, 6.45) is 4.83. The summed E-state index contributed by atoms with van der Waals surface area (Å²) in [5.41, 5.74) is 2.51. The van der Waals surface area contributed by atoms with E-state index in [1.54, 1.807) is 23.0 Å². The Morgan fingerprint density at radius 1 is 1.33 bits per heavy atom. The van der Waals surface area contributed by atoms with Gasteiger partial charge in [0.25, 0.3) is 5.91 Å². The van der Waals surface area contributed by atoms with E-state index in [0.717, 1.165) is 11.3 Å². The number of hydrogen-bond acceptors (Lipinski definition) is 2. The summed E-state index contributed by atoms with van der Waals surface area (Å²) in [5, 5.41) is 7.10. The van der Waals surface area contributed by atoms with Crippen LogP contribution in [-0.2, 0) is 6.42 Å². The molecule has 0 saturated heterocycles. The number of rotatable bonds is 6. The molecule has 0 spiro atoms. The van der Waals surface area contributed by atoms with E-state index >= 15 is 0 Å². The Labute approximate surface area is 124 Å². The number of aryl methyl sites for hydroxylation is 1. The number of hydrogen-bond donors (Lipinski definition) is 1. The van der Waals surface area contributed by atoms with Crippen molar-refractivity contribution >= 4 is 5.91 Å². The van der Waals surface area contributed by atoms with Gasteiger partial charge < -0.3 is 5.32 Å². The lowest BCUT2D eigenvalue weighted by atomic mass is 10.2. The van der Waals surface area contributed by atoms with E-state index in [4.69, 9.17) is 0 Å². The van der Waals surface area contributed by atoms with E-state index in [2.05, 4.69) is 10.4 Å². The zero-order chi connectivity index (χ0) is 15.2. The van der Waals surface area contributed by atoms with Gasteiger partial charge in [0.2, 0.25) is 0 Å². The third-order valence-corrected chi connectivity index (χ3v) is 3.05. The minimum atomic E-state index is -0.315. The maximum atomic E-state index is 12.2. The van der Waals surface area contributed by atoms with Crippen LogP contribution < -0.4 is 5.32 Å². The number of halogens is 1. The van der Waals surface area contributed by atoms with Crippen molar-refractivity contribution in [2.24, 2.45) is 0 Å². The predicted molar refractivity (Wildman–Crippen MR) is 80.5 cm³/mol. The minimum Gasteiger partial charge on any atom is -0.350 e. The fraction of sp³-hybridized carbons (Fsp3) is 0.375. The van der Waals surface area contributed by atoms with Gasteiger partial charge in [-0.25, -0.2) is 4.68 Å². The van der Waals surface area contributed by atoms with Crippen LogP contribution in [0.5, 0.6) is 0 Å². The van der Waals surface area contributed by atoms with Crippen LogP contribution in [0, 0.1) is 0 Å². The maximum absolute atomic E-state index is 12.2. The monoisotopic (exact) mass is 288 g/mol. The second kappa shape index (κ2) is 7.02. The molecule has 0 unspecified atom stereocenters. The van der Waals surface area contributed by atoms with Crippen molar-refractivity contribution in [2.75, 3.05) is 6.67 Å². The van der Waals surface area contributed by atoms with Gasteiger partial charge in [0.1, 0.15) is 0 Å². The van der Waals surface area contributed by atoms with Crippen molar-refractivity contribution < 1.29 is 9.18 Å². The average Bonchev–Trinajstić information content (AvgIpc) is 2.93. The predicted octanol–water partition coefficient (Wildman–Crippen LogP) is 2.91. The van der Waals surface area contributed by atoms with Crippen molar-refractivity contribution in [3.8, 4) is 5.69 Å². The van der Waals surface area contributed by atoms with Crippen LogP contribution in [0.25, 0.3) is 5.69 Å². The largest absolute Gasteiger partial charge is 0.350 e. The number of benzene rings is 1. The molecule has 1 amide bonds. The lowest BCUT2D eigenvalue weighted by Crippen LogP contribution is -2.29. The molecule has 0 aliphatic heterocycles. The van der Waals surface area contributed by atoms with Crippen LogP contribution in [0.2, 0.25) is 0 Å². The highest BCUT2D eigenvalue weighted by Crippen LogP contribution is 2.11. The molecule has 0 aliphatic rings. The van der Waals surface area contributed by atoms with Crippen LogP contribution in [0.15, 0.2) is 36.7 Å². The third-order valence-electron chi connectivity index (χ3n) is 3.05. The number of carbonyl (C=O) groups is 1. The molecule has 112 valence electrons. The van der Waals surface area contributed by atoms with Crippen LogP contribution in [-0.4, -0.2) is 28.4 Å². The summed E-state index contributed by atoms with van der Waals surface area (Å²) in [6.45, 7) is 3.54. The summed E-state index contributed by atoms with van der Waals surface area (Å²) in [4.78, 5) is 11.9. The molecule has 1 aromatic carbocycles. The van der Waals surface area contributed by atoms with E-state index in [1.807, 2.05) is 32.2 Å². The van der Waals surface area contributed by atoms with Crippen molar-refractivity contribution in [3.63, 3.8) is 0 Å². The smallest absolute Gasteiger partial charge is 0.251 e. The van der Waals surface area contributed by atoms with E-state index < -0.39 is 0 Å². The molecule has 0 saturated carbocycles. The molecule has 4 nitrogen and oxygen atoms in total. The molecule has 0 atom stereocenters. The Morgan fingerprint density at radius 3 is 2.67 bits per heavy atom. The first-order chi connectivity index (χ1) is 10.1. The van der Waals surface area contributed by atoms with Gasteiger partial charge in [0.15, 0.2) is 0 Å². The molecule has 0 aliphatic carbocycles. The standard InChI is InChI=1S/C16H20FN3O/c1-12(2)19-16(21)14-5-7-15(8-6-14)20-11-13(10-18-20)4-3-9-17/h5-8,10-12H,3-4,9H2,1-2H3,(H,19,21)/i17-1.